The van der Waals surface area contributed by atoms with E-state index >= 15 is 0 Å². The molecule has 244 valence electrons. The molecule has 2 aliphatic rings. The van der Waals surface area contributed by atoms with Gasteiger partial charge < -0.3 is 34.6 Å². The molecule has 6 rings (SSSR count). The minimum absolute atomic E-state index is 0.361. The topological polar surface area (TPSA) is 85.9 Å². The highest BCUT2D eigenvalue weighted by Gasteiger charge is 2.44. The molecular weight excluding hydrogens is 617 g/mol. The first kappa shape index (κ1) is 32.6. The second kappa shape index (κ2) is 13.0. The Labute approximate surface area is 277 Å². The number of rotatable bonds is 10. The third-order valence-electron chi connectivity index (χ3n) is 9.35. The minimum Gasteiger partial charge on any atom is -0.494 e. The SMILES string of the molecule is COc1cc(N2CCC3(CC2)CN(CCN(C)C)C3)c(C)cc1Nc1ncc(Cl)c(Nc2ccc3ccccc3c2P(C)(C)=O)n1. The number of likely N-dealkylation sites (N-methyl/N-ethyl adjacent to an activating group) is 1. The molecule has 1 spiro atoms. The maximum atomic E-state index is 13.4. The number of nitrogens with zero attached hydrogens (tertiary/aromatic N) is 5. The maximum Gasteiger partial charge on any atom is 0.229 e. The summed E-state index contributed by atoms with van der Waals surface area (Å²) in [5, 5.41) is 9.81. The van der Waals surface area contributed by atoms with Crippen molar-refractivity contribution in [2.45, 2.75) is 19.8 Å². The molecule has 2 aliphatic heterocycles. The van der Waals surface area contributed by atoms with Crippen LogP contribution in [0.25, 0.3) is 10.8 Å². The Kier molecular flexibility index (Phi) is 9.23. The number of methoxy groups -OCH3 is 1. The monoisotopic (exact) mass is 661 g/mol. The summed E-state index contributed by atoms with van der Waals surface area (Å²) in [5.74, 6) is 1.52. The fraction of sp³-hybridized carbons (Fsp3) is 0.429. The Morgan fingerprint density at radius 3 is 2.48 bits per heavy atom. The van der Waals surface area contributed by atoms with E-state index < -0.39 is 7.14 Å². The lowest BCUT2D eigenvalue weighted by Gasteiger charge is -2.54. The van der Waals surface area contributed by atoms with Gasteiger partial charge >= 0.3 is 0 Å². The van der Waals surface area contributed by atoms with Crippen molar-refractivity contribution in [2.75, 3.05) is 89.3 Å². The zero-order valence-electron chi connectivity index (χ0n) is 27.7. The summed E-state index contributed by atoms with van der Waals surface area (Å²) in [4.78, 5) is 16.5. The number of halogens is 1. The lowest BCUT2D eigenvalue weighted by molar-refractivity contribution is -0.0207. The summed E-state index contributed by atoms with van der Waals surface area (Å²) in [7, 11) is 3.31. The van der Waals surface area contributed by atoms with Crippen molar-refractivity contribution in [3.05, 3.63) is 65.3 Å². The first-order valence-corrected chi connectivity index (χ1v) is 18.9. The van der Waals surface area contributed by atoms with Crippen LogP contribution >= 0.6 is 18.7 Å². The molecule has 0 amide bonds. The zero-order chi connectivity index (χ0) is 32.6. The predicted molar refractivity (Wildman–Crippen MR) is 193 cm³/mol. The van der Waals surface area contributed by atoms with Crippen molar-refractivity contribution < 1.29 is 9.30 Å². The third kappa shape index (κ3) is 6.84. The van der Waals surface area contributed by atoms with Gasteiger partial charge in [-0.05, 0) is 81.1 Å². The summed E-state index contributed by atoms with van der Waals surface area (Å²) in [6.45, 7) is 12.5. The van der Waals surface area contributed by atoms with Crippen molar-refractivity contribution in [3.8, 4) is 5.75 Å². The van der Waals surface area contributed by atoms with Gasteiger partial charge in [0.25, 0.3) is 0 Å². The molecule has 3 heterocycles. The van der Waals surface area contributed by atoms with Crippen molar-refractivity contribution in [1.82, 2.24) is 19.8 Å². The average Bonchev–Trinajstić information content (AvgIpc) is 3.00. The second-order valence-electron chi connectivity index (χ2n) is 13.5. The molecule has 0 saturated carbocycles. The Bertz CT molecular complexity index is 1780. The molecule has 0 atom stereocenters. The second-order valence-corrected chi connectivity index (χ2v) is 17.1. The van der Waals surface area contributed by atoms with Gasteiger partial charge in [-0.25, -0.2) is 4.98 Å². The van der Waals surface area contributed by atoms with E-state index in [4.69, 9.17) is 21.3 Å². The van der Waals surface area contributed by atoms with Gasteiger partial charge in [-0.15, -0.1) is 0 Å². The van der Waals surface area contributed by atoms with Gasteiger partial charge in [0.05, 0.1) is 24.7 Å². The van der Waals surface area contributed by atoms with E-state index in [0.717, 1.165) is 59.3 Å². The fourth-order valence-electron chi connectivity index (χ4n) is 6.92. The highest BCUT2D eigenvalue weighted by atomic mass is 35.5. The number of benzene rings is 3. The van der Waals surface area contributed by atoms with Crippen LogP contribution in [0.5, 0.6) is 5.75 Å². The molecule has 4 aromatic rings. The summed E-state index contributed by atoms with van der Waals surface area (Å²) < 4.78 is 19.3. The van der Waals surface area contributed by atoms with Crippen molar-refractivity contribution in [2.24, 2.45) is 5.41 Å². The van der Waals surface area contributed by atoms with E-state index in [0.29, 0.717) is 27.9 Å². The number of piperidine rings is 1. The van der Waals surface area contributed by atoms with E-state index in [1.165, 1.54) is 31.6 Å². The van der Waals surface area contributed by atoms with Gasteiger partial charge in [0.2, 0.25) is 5.95 Å². The Morgan fingerprint density at radius 1 is 1.04 bits per heavy atom. The van der Waals surface area contributed by atoms with Crippen LogP contribution in [-0.2, 0) is 4.57 Å². The quantitative estimate of drug-likeness (QED) is 0.178. The normalized spacial score (nSPS) is 16.6. The van der Waals surface area contributed by atoms with E-state index in [1.54, 1.807) is 26.6 Å². The Morgan fingerprint density at radius 2 is 1.78 bits per heavy atom. The number of hydrogen-bond donors (Lipinski definition) is 2. The van der Waals surface area contributed by atoms with Gasteiger partial charge in [-0.2, -0.15) is 4.98 Å². The molecule has 2 N–H and O–H groups in total. The number of ether oxygens (including phenoxy) is 1. The molecule has 2 saturated heterocycles. The number of fused-ring (bicyclic) bond motifs is 1. The van der Waals surface area contributed by atoms with Crippen LogP contribution in [0.3, 0.4) is 0 Å². The number of nitrogens with one attached hydrogen (secondary N) is 2. The fourth-order valence-corrected chi connectivity index (χ4v) is 8.56. The van der Waals surface area contributed by atoms with Crippen molar-refractivity contribution >= 4 is 63.6 Å². The molecule has 0 bridgehead atoms. The van der Waals surface area contributed by atoms with Crippen LogP contribution in [0, 0.1) is 12.3 Å². The molecule has 0 unspecified atom stereocenters. The third-order valence-corrected chi connectivity index (χ3v) is 11.2. The minimum atomic E-state index is -2.66. The Hall–Kier alpha value is -3.36. The molecule has 2 fully saturated rings. The zero-order valence-corrected chi connectivity index (χ0v) is 29.4. The predicted octanol–water partition coefficient (Wildman–Crippen LogP) is 6.80. The lowest BCUT2D eigenvalue weighted by atomic mass is 9.72. The molecule has 9 nitrogen and oxygen atoms in total. The number of likely N-dealkylation sites (tertiary alicyclic amines) is 1. The standard InChI is InChI=1S/C35H45ClN7O2P/c1-24-19-29(31(45-4)20-30(24)43-15-13-35(14-16-43)22-42(23-35)18-17-41(2)3)39-34-37-21-27(36)33(40-34)38-28-12-11-25-9-7-8-10-26(25)32(28)46(5,6)44/h7-12,19-21H,13-18,22-23H2,1-6H3,(H2,37,38,39,40). The van der Waals surface area contributed by atoms with Gasteiger partial charge in [0.15, 0.2) is 5.82 Å². The number of anilines is 5. The largest absolute Gasteiger partial charge is 0.494 e. The highest BCUT2D eigenvalue weighted by molar-refractivity contribution is 7.71. The van der Waals surface area contributed by atoms with Crippen LogP contribution in [0.4, 0.5) is 28.8 Å². The molecule has 1 aromatic heterocycles. The van der Waals surface area contributed by atoms with E-state index in [9.17, 15) is 4.57 Å². The smallest absolute Gasteiger partial charge is 0.229 e. The summed E-state index contributed by atoms with van der Waals surface area (Å²) >= 11 is 6.58. The molecule has 0 radical (unpaired) electrons. The average molecular weight is 662 g/mol. The molecule has 46 heavy (non-hydrogen) atoms. The van der Waals surface area contributed by atoms with Crippen molar-refractivity contribution in [1.29, 1.82) is 0 Å². The van der Waals surface area contributed by atoms with Crippen molar-refractivity contribution in [3.63, 3.8) is 0 Å². The molecule has 0 aliphatic carbocycles. The summed E-state index contributed by atoms with van der Waals surface area (Å²) in [6.07, 6.45) is 3.99. The first-order chi connectivity index (χ1) is 21.9. The summed E-state index contributed by atoms with van der Waals surface area (Å²) in [6, 6.07) is 16.1. The van der Waals surface area contributed by atoms with E-state index in [2.05, 4.69) is 63.5 Å². The number of hydrogen-bond acceptors (Lipinski definition) is 9. The van der Waals surface area contributed by atoms with Gasteiger partial charge in [0.1, 0.15) is 17.9 Å². The van der Waals surface area contributed by atoms with Gasteiger partial charge in [0, 0.05) is 56.3 Å². The summed E-state index contributed by atoms with van der Waals surface area (Å²) in [5.41, 5.74) is 4.32. The molecular formula is C35H45ClN7O2P. The van der Waals surface area contributed by atoms with Crippen LogP contribution in [0.2, 0.25) is 5.02 Å². The molecule has 3 aromatic carbocycles. The first-order valence-electron chi connectivity index (χ1n) is 15.9. The van der Waals surface area contributed by atoms with Crippen LogP contribution in [0.1, 0.15) is 18.4 Å². The number of aryl methyl sites for hydroxylation is 1. The Balaban J connectivity index is 1.18. The van der Waals surface area contributed by atoms with Crippen LogP contribution in [-0.4, -0.2) is 93.6 Å². The van der Waals surface area contributed by atoms with Crippen LogP contribution in [0.15, 0.2) is 54.7 Å². The van der Waals surface area contributed by atoms with E-state index in [-0.39, 0.29) is 0 Å². The molecule has 11 heteroatoms. The van der Waals surface area contributed by atoms with Crippen LogP contribution < -0.4 is 25.6 Å². The number of aromatic nitrogens is 2. The lowest BCUT2D eigenvalue weighted by Crippen LogP contribution is -2.61. The van der Waals surface area contributed by atoms with Gasteiger partial charge in [-0.3, -0.25) is 0 Å². The van der Waals surface area contributed by atoms with E-state index in [1.807, 2.05) is 36.4 Å². The highest BCUT2D eigenvalue weighted by Crippen LogP contribution is 2.44. The maximum absolute atomic E-state index is 13.4. The van der Waals surface area contributed by atoms with Gasteiger partial charge in [-0.1, -0.05) is 41.9 Å².